The van der Waals surface area contributed by atoms with Gasteiger partial charge in [0.15, 0.2) is 0 Å². The number of allylic oxidation sites excluding steroid dienone is 1. The van der Waals surface area contributed by atoms with Crippen LogP contribution in [0.4, 0.5) is 5.69 Å². The number of rotatable bonds is 3. The van der Waals surface area contributed by atoms with Gasteiger partial charge in [-0.2, -0.15) is 5.10 Å². The fourth-order valence-electron chi connectivity index (χ4n) is 1.52. The molecule has 1 heterocycles. The Labute approximate surface area is 99.6 Å². The Balaban J connectivity index is 2.32. The summed E-state index contributed by atoms with van der Waals surface area (Å²) in [6.45, 7) is 1.80. The van der Waals surface area contributed by atoms with Gasteiger partial charge in [0, 0.05) is 12.4 Å². The van der Waals surface area contributed by atoms with Gasteiger partial charge >= 0.3 is 0 Å². The SMILES string of the molecule is C/C=C/C(=O)Nc1ccccc1-n1cccn1. The summed E-state index contributed by atoms with van der Waals surface area (Å²) in [7, 11) is 0. The summed E-state index contributed by atoms with van der Waals surface area (Å²) in [6, 6.07) is 9.36. The van der Waals surface area contributed by atoms with Crippen LogP contribution in [-0.4, -0.2) is 15.7 Å². The first-order valence-electron chi connectivity index (χ1n) is 5.34. The van der Waals surface area contributed by atoms with E-state index in [1.165, 1.54) is 6.08 Å². The maximum atomic E-state index is 11.5. The van der Waals surface area contributed by atoms with E-state index in [0.717, 1.165) is 11.4 Å². The second-order valence-electron chi connectivity index (χ2n) is 3.46. The van der Waals surface area contributed by atoms with Crippen LogP contribution < -0.4 is 5.32 Å². The fraction of sp³-hybridized carbons (Fsp3) is 0.0769. The van der Waals surface area contributed by atoms with Gasteiger partial charge in [0.25, 0.3) is 0 Å². The summed E-state index contributed by atoms with van der Waals surface area (Å²) in [5, 5.41) is 6.96. The molecule has 0 aliphatic carbocycles. The van der Waals surface area contributed by atoms with Crippen LogP contribution >= 0.6 is 0 Å². The van der Waals surface area contributed by atoms with Crippen molar-refractivity contribution in [2.75, 3.05) is 5.32 Å². The minimum Gasteiger partial charge on any atom is -0.321 e. The predicted octanol–water partition coefficient (Wildman–Crippen LogP) is 2.39. The summed E-state index contributed by atoms with van der Waals surface area (Å²) in [4.78, 5) is 11.5. The standard InChI is InChI=1S/C13H13N3O/c1-2-6-13(17)15-11-7-3-4-8-12(11)16-10-5-9-14-16/h2-10H,1H3,(H,15,17)/b6-2+. The largest absolute Gasteiger partial charge is 0.321 e. The van der Waals surface area contributed by atoms with Gasteiger partial charge in [-0.25, -0.2) is 4.68 Å². The van der Waals surface area contributed by atoms with Crippen LogP contribution in [-0.2, 0) is 4.79 Å². The van der Waals surface area contributed by atoms with Crippen molar-refractivity contribution in [1.82, 2.24) is 9.78 Å². The van der Waals surface area contributed by atoms with Gasteiger partial charge in [0.2, 0.25) is 5.91 Å². The van der Waals surface area contributed by atoms with Crippen LogP contribution in [0.3, 0.4) is 0 Å². The highest BCUT2D eigenvalue weighted by Gasteiger charge is 2.05. The number of aromatic nitrogens is 2. The molecule has 0 aliphatic heterocycles. The molecule has 0 fully saturated rings. The molecule has 0 radical (unpaired) electrons. The van der Waals surface area contributed by atoms with Crippen LogP contribution in [0.25, 0.3) is 5.69 Å². The summed E-state index contributed by atoms with van der Waals surface area (Å²) in [5.41, 5.74) is 1.58. The third-order valence-corrected chi connectivity index (χ3v) is 2.23. The van der Waals surface area contributed by atoms with Gasteiger partial charge in [0.05, 0.1) is 11.4 Å². The molecule has 1 aromatic heterocycles. The first-order valence-corrected chi connectivity index (χ1v) is 5.34. The molecular formula is C13H13N3O. The number of carbonyl (C=O) groups is 1. The van der Waals surface area contributed by atoms with Crippen LogP contribution in [0.15, 0.2) is 54.9 Å². The lowest BCUT2D eigenvalue weighted by Crippen LogP contribution is -2.10. The molecule has 0 aliphatic rings. The number of hydrogen-bond donors (Lipinski definition) is 1. The summed E-state index contributed by atoms with van der Waals surface area (Å²) in [6.07, 6.45) is 6.72. The lowest BCUT2D eigenvalue weighted by molar-refractivity contribution is -0.111. The molecular weight excluding hydrogens is 214 g/mol. The topological polar surface area (TPSA) is 46.9 Å². The van der Waals surface area contributed by atoms with Gasteiger partial charge in [-0.05, 0) is 31.2 Å². The molecule has 17 heavy (non-hydrogen) atoms. The van der Waals surface area contributed by atoms with Crippen molar-refractivity contribution >= 4 is 11.6 Å². The molecule has 1 N–H and O–H groups in total. The number of anilines is 1. The molecule has 0 spiro atoms. The molecule has 0 bridgehead atoms. The third-order valence-electron chi connectivity index (χ3n) is 2.23. The maximum absolute atomic E-state index is 11.5. The molecule has 2 aromatic rings. The lowest BCUT2D eigenvalue weighted by atomic mass is 10.2. The van der Waals surface area contributed by atoms with E-state index in [9.17, 15) is 4.79 Å². The van der Waals surface area contributed by atoms with Crippen LogP contribution in [0.2, 0.25) is 0 Å². The van der Waals surface area contributed by atoms with E-state index in [1.54, 1.807) is 23.9 Å². The molecule has 1 amide bonds. The molecule has 0 saturated heterocycles. The Hall–Kier alpha value is -2.36. The smallest absolute Gasteiger partial charge is 0.248 e. The normalized spacial score (nSPS) is 10.6. The fourth-order valence-corrected chi connectivity index (χ4v) is 1.52. The van der Waals surface area contributed by atoms with E-state index in [-0.39, 0.29) is 5.91 Å². The Kier molecular flexibility index (Phi) is 3.35. The minimum atomic E-state index is -0.146. The van der Waals surface area contributed by atoms with E-state index in [1.807, 2.05) is 36.5 Å². The molecule has 1 aromatic carbocycles. The Bertz CT molecular complexity index is 529. The molecule has 86 valence electrons. The minimum absolute atomic E-state index is 0.146. The second-order valence-corrected chi connectivity index (χ2v) is 3.46. The number of para-hydroxylation sites is 2. The van der Waals surface area contributed by atoms with Gasteiger partial charge < -0.3 is 5.32 Å². The zero-order valence-electron chi connectivity index (χ0n) is 9.50. The zero-order chi connectivity index (χ0) is 12.1. The highest BCUT2D eigenvalue weighted by atomic mass is 16.1. The molecule has 4 nitrogen and oxygen atoms in total. The highest BCUT2D eigenvalue weighted by molar-refractivity contribution is 6.00. The van der Waals surface area contributed by atoms with Crippen molar-refractivity contribution in [2.24, 2.45) is 0 Å². The van der Waals surface area contributed by atoms with Crippen molar-refractivity contribution in [1.29, 1.82) is 0 Å². The summed E-state index contributed by atoms with van der Waals surface area (Å²) >= 11 is 0. The van der Waals surface area contributed by atoms with Crippen molar-refractivity contribution < 1.29 is 4.79 Å². The first kappa shape index (κ1) is 11.1. The zero-order valence-corrected chi connectivity index (χ0v) is 9.50. The molecule has 2 rings (SSSR count). The lowest BCUT2D eigenvalue weighted by Gasteiger charge is -2.09. The van der Waals surface area contributed by atoms with E-state index >= 15 is 0 Å². The van der Waals surface area contributed by atoms with Crippen LogP contribution in [0.1, 0.15) is 6.92 Å². The van der Waals surface area contributed by atoms with E-state index in [4.69, 9.17) is 0 Å². The highest BCUT2D eigenvalue weighted by Crippen LogP contribution is 2.18. The van der Waals surface area contributed by atoms with E-state index < -0.39 is 0 Å². The third kappa shape index (κ3) is 2.60. The molecule has 0 unspecified atom stereocenters. The quantitative estimate of drug-likeness (QED) is 0.818. The average molecular weight is 227 g/mol. The Morgan fingerprint density at radius 3 is 2.88 bits per heavy atom. The van der Waals surface area contributed by atoms with Crippen LogP contribution in [0, 0.1) is 0 Å². The molecule has 0 atom stereocenters. The van der Waals surface area contributed by atoms with Gasteiger partial charge in [-0.1, -0.05) is 18.2 Å². The summed E-state index contributed by atoms with van der Waals surface area (Å²) in [5.74, 6) is -0.146. The van der Waals surface area contributed by atoms with Crippen molar-refractivity contribution in [3.63, 3.8) is 0 Å². The number of nitrogens with one attached hydrogen (secondary N) is 1. The average Bonchev–Trinajstić information content (AvgIpc) is 2.83. The van der Waals surface area contributed by atoms with Crippen molar-refractivity contribution in [3.05, 3.63) is 54.9 Å². The molecule has 4 heteroatoms. The molecule has 0 saturated carbocycles. The number of carbonyl (C=O) groups excluding carboxylic acids is 1. The van der Waals surface area contributed by atoms with Gasteiger partial charge in [0.1, 0.15) is 0 Å². The number of nitrogens with zero attached hydrogens (tertiary/aromatic N) is 2. The first-order chi connectivity index (χ1) is 8.31. The van der Waals surface area contributed by atoms with Gasteiger partial charge in [-0.15, -0.1) is 0 Å². The van der Waals surface area contributed by atoms with Crippen molar-refractivity contribution in [3.8, 4) is 5.69 Å². The monoisotopic (exact) mass is 227 g/mol. The Morgan fingerprint density at radius 1 is 1.35 bits per heavy atom. The Morgan fingerprint density at radius 2 is 2.18 bits per heavy atom. The summed E-state index contributed by atoms with van der Waals surface area (Å²) < 4.78 is 1.71. The number of benzene rings is 1. The van der Waals surface area contributed by atoms with Gasteiger partial charge in [-0.3, -0.25) is 4.79 Å². The van der Waals surface area contributed by atoms with Crippen LogP contribution in [0.5, 0.6) is 0 Å². The predicted molar refractivity (Wildman–Crippen MR) is 67.0 cm³/mol. The maximum Gasteiger partial charge on any atom is 0.248 e. The second kappa shape index (κ2) is 5.12. The van der Waals surface area contributed by atoms with E-state index in [2.05, 4.69) is 10.4 Å². The van der Waals surface area contributed by atoms with E-state index in [0.29, 0.717) is 0 Å². The van der Waals surface area contributed by atoms with Crippen molar-refractivity contribution in [2.45, 2.75) is 6.92 Å². The number of amides is 1. The number of hydrogen-bond acceptors (Lipinski definition) is 2.